The minimum atomic E-state index is -0.998. The molecule has 0 heterocycles. The molecule has 0 aliphatic carbocycles. The second-order valence-corrected chi connectivity index (χ2v) is 4.16. The number of aliphatic carboxylic acids is 1. The first-order valence-corrected chi connectivity index (χ1v) is 5.78. The van der Waals surface area contributed by atoms with Crippen LogP contribution in [0, 0.1) is 0 Å². The molecule has 4 heteroatoms. The topological polar surface area (TPSA) is 69.6 Å². The van der Waals surface area contributed by atoms with Crippen LogP contribution in [0.1, 0.15) is 6.42 Å². The van der Waals surface area contributed by atoms with Gasteiger partial charge in [0.15, 0.2) is 0 Å². The van der Waals surface area contributed by atoms with Crippen LogP contribution in [-0.4, -0.2) is 28.8 Å². The Kier molecular flexibility index (Phi) is 3.79. The van der Waals surface area contributed by atoms with Gasteiger partial charge in [-0.25, -0.2) is 0 Å². The Hall–Kier alpha value is -2.07. The summed E-state index contributed by atoms with van der Waals surface area (Å²) >= 11 is 0. The van der Waals surface area contributed by atoms with Gasteiger partial charge < -0.3 is 15.5 Å². The quantitative estimate of drug-likeness (QED) is 0.754. The SMILES string of the molecule is O=C(O)CC(O)CNc1cccc2ccccc12. The van der Waals surface area contributed by atoms with E-state index in [0.717, 1.165) is 16.5 Å². The number of anilines is 1. The van der Waals surface area contributed by atoms with Crippen LogP contribution in [0.2, 0.25) is 0 Å². The van der Waals surface area contributed by atoms with Crippen LogP contribution in [0.15, 0.2) is 42.5 Å². The number of aliphatic hydroxyl groups excluding tert-OH is 1. The second kappa shape index (κ2) is 5.51. The molecule has 3 N–H and O–H groups in total. The first-order valence-electron chi connectivity index (χ1n) is 5.78. The van der Waals surface area contributed by atoms with Gasteiger partial charge in [-0.1, -0.05) is 36.4 Å². The Labute approximate surface area is 105 Å². The summed E-state index contributed by atoms with van der Waals surface area (Å²) in [5.41, 5.74) is 0.900. The van der Waals surface area contributed by atoms with Gasteiger partial charge in [0, 0.05) is 17.6 Å². The first kappa shape index (κ1) is 12.4. The molecule has 2 aromatic rings. The lowest BCUT2D eigenvalue weighted by molar-refractivity contribution is -0.138. The molecule has 0 aromatic heterocycles. The van der Waals surface area contributed by atoms with E-state index >= 15 is 0 Å². The molecule has 4 nitrogen and oxygen atoms in total. The van der Waals surface area contributed by atoms with Gasteiger partial charge in [0.1, 0.15) is 0 Å². The van der Waals surface area contributed by atoms with Gasteiger partial charge in [-0.05, 0) is 11.5 Å². The lowest BCUT2D eigenvalue weighted by Crippen LogP contribution is -2.22. The highest BCUT2D eigenvalue weighted by Crippen LogP contribution is 2.22. The monoisotopic (exact) mass is 245 g/mol. The van der Waals surface area contributed by atoms with Crippen LogP contribution < -0.4 is 5.32 Å². The molecule has 0 radical (unpaired) electrons. The van der Waals surface area contributed by atoms with Gasteiger partial charge in [-0.2, -0.15) is 0 Å². The van der Waals surface area contributed by atoms with Gasteiger partial charge in [-0.3, -0.25) is 4.79 Å². The van der Waals surface area contributed by atoms with Gasteiger partial charge in [0.25, 0.3) is 0 Å². The molecular formula is C14H15NO3. The lowest BCUT2D eigenvalue weighted by atomic mass is 10.1. The summed E-state index contributed by atoms with van der Waals surface area (Å²) in [6.07, 6.45) is -1.14. The Bertz CT molecular complexity index is 548. The fourth-order valence-electron chi connectivity index (χ4n) is 1.88. The molecule has 0 saturated heterocycles. The van der Waals surface area contributed by atoms with Crippen LogP contribution in [0.5, 0.6) is 0 Å². The third kappa shape index (κ3) is 2.99. The average Bonchev–Trinajstić information content (AvgIpc) is 2.35. The number of rotatable bonds is 5. The smallest absolute Gasteiger partial charge is 0.306 e. The molecule has 1 unspecified atom stereocenters. The zero-order valence-electron chi connectivity index (χ0n) is 9.84. The number of hydrogen-bond acceptors (Lipinski definition) is 3. The van der Waals surface area contributed by atoms with Crippen LogP contribution >= 0.6 is 0 Å². The summed E-state index contributed by atoms with van der Waals surface area (Å²) in [6.45, 7) is 0.223. The molecule has 0 fully saturated rings. The number of carboxylic acids is 1. The Balaban J connectivity index is 2.10. The van der Waals surface area contributed by atoms with E-state index < -0.39 is 12.1 Å². The summed E-state index contributed by atoms with van der Waals surface area (Å²) < 4.78 is 0. The second-order valence-electron chi connectivity index (χ2n) is 4.16. The minimum absolute atomic E-state index is 0.223. The normalized spacial score (nSPS) is 12.3. The zero-order valence-corrected chi connectivity index (χ0v) is 9.84. The number of benzene rings is 2. The predicted molar refractivity (Wildman–Crippen MR) is 70.7 cm³/mol. The van der Waals surface area contributed by atoms with Crippen molar-refractivity contribution in [1.82, 2.24) is 0 Å². The van der Waals surface area contributed by atoms with E-state index in [9.17, 15) is 9.90 Å². The molecule has 0 aliphatic heterocycles. The highest BCUT2D eigenvalue weighted by molar-refractivity contribution is 5.93. The predicted octanol–water partition coefficient (Wildman–Crippen LogP) is 2.09. The van der Waals surface area contributed by atoms with Crippen molar-refractivity contribution < 1.29 is 15.0 Å². The van der Waals surface area contributed by atoms with Crippen molar-refractivity contribution in [2.75, 3.05) is 11.9 Å². The van der Waals surface area contributed by atoms with Crippen LogP contribution in [0.3, 0.4) is 0 Å². The van der Waals surface area contributed by atoms with Crippen molar-refractivity contribution in [1.29, 1.82) is 0 Å². The van der Waals surface area contributed by atoms with E-state index in [0.29, 0.717) is 0 Å². The molecule has 0 spiro atoms. The van der Waals surface area contributed by atoms with Gasteiger partial charge in [0.2, 0.25) is 0 Å². The van der Waals surface area contributed by atoms with Gasteiger partial charge in [0.05, 0.1) is 12.5 Å². The highest BCUT2D eigenvalue weighted by Gasteiger charge is 2.09. The number of aliphatic hydroxyl groups is 1. The fourth-order valence-corrected chi connectivity index (χ4v) is 1.88. The van der Waals surface area contributed by atoms with E-state index in [1.807, 2.05) is 42.5 Å². The molecule has 0 aliphatic rings. The molecule has 0 amide bonds. The number of fused-ring (bicyclic) bond motifs is 1. The molecule has 1 atom stereocenters. The summed E-state index contributed by atoms with van der Waals surface area (Å²) in [6, 6.07) is 13.8. The number of nitrogens with one attached hydrogen (secondary N) is 1. The number of hydrogen-bond donors (Lipinski definition) is 3. The van der Waals surface area contributed by atoms with Crippen molar-refractivity contribution in [2.45, 2.75) is 12.5 Å². The van der Waals surface area contributed by atoms with Crippen molar-refractivity contribution in [2.24, 2.45) is 0 Å². The minimum Gasteiger partial charge on any atom is -0.481 e. The molecule has 94 valence electrons. The molecule has 2 rings (SSSR count). The van der Waals surface area contributed by atoms with E-state index in [1.54, 1.807) is 0 Å². The summed E-state index contributed by atoms with van der Waals surface area (Å²) in [5.74, 6) is -0.998. The highest BCUT2D eigenvalue weighted by atomic mass is 16.4. The summed E-state index contributed by atoms with van der Waals surface area (Å²) in [4.78, 5) is 10.4. The van der Waals surface area contributed by atoms with E-state index in [1.165, 1.54) is 0 Å². The van der Waals surface area contributed by atoms with E-state index in [-0.39, 0.29) is 13.0 Å². The van der Waals surface area contributed by atoms with Crippen molar-refractivity contribution in [3.05, 3.63) is 42.5 Å². The molecule has 18 heavy (non-hydrogen) atoms. The Morgan fingerprint density at radius 1 is 1.17 bits per heavy atom. The Morgan fingerprint density at radius 3 is 2.67 bits per heavy atom. The number of carbonyl (C=O) groups is 1. The fraction of sp³-hybridized carbons (Fsp3) is 0.214. The van der Waals surface area contributed by atoms with Crippen molar-refractivity contribution in [3.63, 3.8) is 0 Å². The van der Waals surface area contributed by atoms with Crippen LogP contribution in [0.4, 0.5) is 5.69 Å². The van der Waals surface area contributed by atoms with E-state index in [2.05, 4.69) is 5.32 Å². The molecule has 0 bridgehead atoms. The summed E-state index contributed by atoms with van der Waals surface area (Å²) in [7, 11) is 0. The van der Waals surface area contributed by atoms with Gasteiger partial charge >= 0.3 is 5.97 Å². The van der Waals surface area contributed by atoms with Crippen LogP contribution in [-0.2, 0) is 4.79 Å². The van der Waals surface area contributed by atoms with Crippen molar-refractivity contribution >= 4 is 22.4 Å². The largest absolute Gasteiger partial charge is 0.481 e. The third-order valence-corrected chi connectivity index (χ3v) is 2.73. The molecule has 2 aromatic carbocycles. The first-order chi connectivity index (χ1) is 8.66. The summed E-state index contributed by atoms with van der Waals surface area (Å²) in [5, 5.41) is 23.3. The molecule has 0 saturated carbocycles. The van der Waals surface area contributed by atoms with Crippen molar-refractivity contribution in [3.8, 4) is 0 Å². The maximum atomic E-state index is 10.4. The zero-order chi connectivity index (χ0) is 13.0. The van der Waals surface area contributed by atoms with E-state index in [4.69, 9.17) is 5.11 Å². The molecular weight excluding hydrogens is 230 g/mol. The Morgan fingerprint density at radius 2 is 1.89 bits per heavy atom. The maximum absolute atomic E-state index is 10.4. The van der Waals surface area contributed by atoms with Gasteiger partial charge in [-0.15, -0.1) is 0 Å². The average molecular weight is 245 g/mol. The maximum Gasteiger partial charge on any atom is 0.306 e. The number of carboxylic acid groups (broad SMARTS) is 1. The standard InChI is InChI=1S/C14H15NO3/c16-11(8-14(17)18)9-15-13-7-3-5-10-4-1-2-6-12(10)13/h1-7,11,15-16H,8-9H2,(H,17,18). The third-order valence-electron chi connectivity index (χ3n) is 2.73. The van der Waals surface area contributed by atoms with Crippen LogP contribution in [0.25, 0.3) is 10.8 Å². The lowest BCUT2D eigenvalue weighted by Gasteiger charge is -2.12.